The second-order valence-corrected chi connectivity index (χ2v) is 8.30. The Morgan fingerprint density at radius 2 is 2.20 bits per heavy atom. The molecule has 10 heteroatoms. The standard InChI is InChI=1S/C15H18BrN5O3S/c1-9(22)13-5-6-17-14-12(16)8-18-15(20-14)19-10-3-2-4-11(7-10)25(23,24)21-13/h2-4,7-9,13,21-22H,5-6H2,1H3,(H2,17,18,19,20). The van der Waals surface area contributed by atoms with Crippen LogP contribution in [-0.2, 0) is 10.0 Å². The summed E-state index contributed by atoms with van der Waals surface area (Å²) in [6.07, 6.45) is 1.16. The van der Waals surface area contributed by atoms with E-state index in [0.29, 0.717) is 34.9 Å². The zero-order chi connectivity index (χ0) is 18.0. The predicted molar refractivity (Wildman–Crippen MR) is 98.4 cm³/mol. The smallest absolute Gasteiger partial charge is 0.240 e. The van der Waals surface area contributed by atoms with Gasteiger partial charge >= 0.3 is 0 Å². The van der Waals surface area contributed by atoms with Crippen LogP contribution in [0.25, 0.3) is 0 Å². The van der Waals surface area contributed by atoms with E-state index in [1.807, 2.05) is 0 Å². The van der Waals surface area contributed by atoms with E-state index in [0.717, 1.165) is 0 Å². The number of hydrogen-bond acceptors (Lipinski definition) is 7. The van der Waals surface area contributed by atoms with Gasteiger partial charge in [0, 0.05) is 24.5 Å². The third kappa shape index (κ3) is 4.27. The third-order valence-corrected chi connectivity index (χ3v) is 5.85. The first-order valence-electron chi connectivity index (χ1n) is 7.69. The molecule has 0 radical (unpaired) electrons. The van der Waals surface area contributed by atoms with Crippen LogP contribution >= 0.6 is 15.9 Å². The third-order valence-electron chi connectivity index (χ3n) is 3.78. The number of sulfonamides is 1. The van der Waals surface area contributed by atoms with E-state index < -0.39 is 22.2 Å². The number of nitrogens with zero attached hydrogens (tertiary/aromatic N) is 2. The van der Waals surface area contributed by atoms with Gasteiger partial charge in [0.15, 0.2) is 0 Å². The molecule has 4 N–H and O–H groups in total. The first kappa shape index (κ1) is 18.1. The molecular weight excluding hydrogens is 410 g/mol. The van der Waals surface area contributed by atoms with Crippen LogP contribution in [0.2, 0.25) is 0 Å². The number of anilines is 3. The maximum atomic E-state index is 12.6. The molecule has 0 saturated carbocycles. The van der Waals surface area contributed by atoms with Crippen molar-refractivity contribution in [1.82, 2.24) is 14.7 Å². The van der Waals surface area contributed by atoms with Crippen molar-refractivity contribution in [2.75, 3.05) is 17.2 Å². The number of aliphatic hydroxyl groups excluding tert-OH is 1. The van der Waals surface area contributed by atoms with Gasteiger partial charge in [-0.1, -0.05) is 6.07 Å². The van der Waals surface area contributed by atoms with Gasteiger partial charge in [0.05, 0.1) is 15.5 Å². The number of aromatic nitrogens is 2. The van der Waals surface area contributed by atoms with Gasteiger partial charge in [0.1, 0.15) is 5.82 Å². The molecule has 1 aliphatic heterocycles. The van der Waals surface area contributed by atoms with E-state index in [2.05, 4.69) is 41.3 Å². The average molecular weight is 428 g/mol. The Morgan fingerprint density at radius 1 is 1.40 bits per heavy atom. The number of nitrogens with one attached hydrogen (secondary N) is 3. The molecule has 2 unspecified atom stereocenters. The maximum Gasteiger partial charge on any atom is 0.240 e. The fourth-order valence-corrected chi connectivity index (χ4v) is 4.15. The van der Waals surface area contributed by atoms with Gasteiger partial charge in [-0.25, -0.2) is 18.1 Å². The molecule has 2 heterocycles. The summed E-state index contributed by atoms with van der Waals surface area (Å²) < 4.78 is 28.5. The van der Waals surface area contributed by atoms with Crippen LogP contribution in [0.1, 0.15) is 13.3 Å². The van der Waals surface area contributed by atoms with Crippen molar-refractivity contribution in [3.8, 4) is 0 Å². The fraction of sp³-hybridized carbons (Fsp3) is 0.333. The molecule has 1 aliphatic rings. The summed E-state index contributed by atoms with van der Waals surface area (Å²) in [5, 5.41) is 16.1. The van der Waals surface area contributed by atoms with Crippen LogP contribution in [-0.4, -0.2) is 42.2 Å². The molecular formula is C15H18BrN5O3S. The first-order valence-corrected chi connectivity index (χ1v) is 9.97. The molecule has 0 amide bonds. The molecule has 1 aromatic carbocycles. The summed E-state index contributed by atoms with van der Waals surface area (Å²) >= 11 is 3.38. The second-order valence-electron chi connectivity index (χ2n) is 5.73. The van der Waals surface area contributed by atoms with E-state index in [-0.39, 0.29) is 4.90 Å². The van der Waals surface area contributed by atoms with Gasteiger partial charge < -0.3 is 15.7 Å². The summed E-state index contributed by atoms with van der Waals surface area (Å²) in [6.45, 7) is 1.98. The van der Waals surface area contributed by atoms with Crippen LogP contribution in [0, 0.1) is 0 Å². The van der Waals surface area contributed by atoms with Crippen molar-refractivity contribution in [2.24, 2.45) is 0 Å². The summed E-state index contributed by atoms with van der Waals surface area (Å²) in [5.74, 6) is 0.930. The number of aliphatic hydroxyl groups is 1. The van der Waals surface area contributed by atoms with Crippen molar-refractivity contribution in [2.45, 2.75) is 30.4 Å². The molecule has 25 heavy (non-hydrogen) atoms. The van der Waals surface area contributed by atoms with Crippen LogP contribution in [0.3, 0.4) is 0 Å². The topological polar surface area (TPSA) is 116 Å². The monoisotopic (exact) mass is 427 g/mol. The van der Waals surface area contributed by atoms with Crippen LogP contribution in [0.15, 0.2) is 39.8 Å². The van der Waals surface area contributed by atoms with Crippen molar-refractivity contribution in [3.63, 3.8) is 0 Å². The van der Waals surface area contributed by atoms with Crippen molar-refractivity contribution >= 4 is 43.4 Å². The SMILES string of the molecule is CC(O)C1CCNc2nc(ncc2Br)Nc2cccc(c2)S(=O)(=O)N1. The largest absolute Gasteiger partial charge is 0.392 e. The lowest BCUT2D eigenvalue weighted by Gasteiger charge is -2.21. The Hall–Kier alpha value is -1.75. The molecule has 0 fully saturated rings. The minimum Gasteiger partial charge on any atom is -0.392 e. The lowest BCUT2D eigenvalue weighted by atomic mass is 10.1. The van der Waals surface area contributed by atoms with Crippen molar-refractivity contribution < 1.29 is 13.5 Å². The van der Waals surface area contributed by atoms with E-state index in [4.69, 9.17) is 0 Å². The fourth-order valence-electron chi connectivity index (χ4n) is 2.43. The Morgan fingerprint density at radius 3 is 2.96 bits per heavy atom. The summed E-state index contributed by atoms with van der Waals surface area (Å²) in [6, 6.07) is 5.72. The molecule has 134 valence electrons. The summed E-state index contributed by atoms with van der Waals surface area (Å²) in [7, 11) is -3.77. The highest BCUT2D eigenvalue weighted by molar-refractivity contribution is 9.10. The molecule has 3 rings (SSSR count). The number of benzene rings is 1. The van der Waals surface area contributed by atoms with E-state index in [1.54, 1.807) is 25.3 Å². The average Bonchev–Trinajstić information content (AvgIpc) is 2.56. The molecule has 0 saturated heterocycles. The maximum absolute atomic E-state index is 12.6. The minimum atomic E-state index is -3.77. The lowest BCUT2D eigenvalue weighted by molar-refractivity contribution is 0.153. The molecule has 0 aliphatic carbocycles. The lowest BCUT2D eigenvalue weighted by Crippen LogP contribution is -2.43. The summed E-state index contributed by atoms with van der Waals surface area (Å²) in [4.78, 5) is 8.67. The van der Waals surface area contributed by atoms with Gasteiger partial charge in [-0.05, 0) is 47.5 Å². The molecule has 2 atom stereocenters. The van der Waals surface area contributed by atoms with Crippen molar-refractivity contribution in [3.05, 3.63) is 34.9 Å². The number of hydrogen-bond donors (Lipinski definition) is 4. The number of fused-ring (bicyclic) bond motifs is 4. The zero-order valence-corrected chi connectivity index (χ0v) is 15.8. The van der Waals surface area contributed by atoms with Gasteiger partial charge in [0.2, 0.25) is 16.0 Å². The van der Waals surface area contributed by atoms with Crippen LogP contribution in [0.5, 0.6) is 0 Å². The number of rotatable bonds is 1. The molecule has 2 aromatic rings. The molecule has 4 bridgehead atoms. The quantitative estimate of drug-likeness (QED) is 0.548. The van der Waals surface area contributed by atoms with Gasteiger partial charge in [-0.15, -0.1) is 0 Å². The van der Waals surface area contributed by atoms with Gasteiger partial charge in [0.25, 0.3) is 0 Å². The normalized spacial score (nSPS) is 20.8. The Kier molecular flexibility index (Phi) is 5.23. The van der Waals surface area contributed by atoms with E-state index in [1.165, 1.54) is 12.1 Å². The highest BCUT2D eigenvalue weighted by Crippen LogP contribution is 2.24. The van der Waals surface area contributed by atoms with Crippen molar-refractivity contribution in [1.29, 1.82) is 0 Å². The zero-order valence-electron chi connectivity index (χ0n) is 13.4. The Bertz CT molecular complexity index is 875. The van der Waals surface area contributed by atoms with E-state index in [9.17, 15) is 13.5 Å². The van der Waals surface area contributed by atoms with Gasteiger partial charge in [-0.2, -0.15) is 4.98 Å². The highest BCUT2D eigenvalue weighted by Gasteiger charge is 2.24. The highest BCUT2D eigenvalue weighted by atomic mass is 79.9. The molecule has 0 spiro atoms. The summed E-state index contributed by atoms with van der Waals surface area (Å²) in [5.41, 5.74) is 0.545. The van der Waals surface area contributed by atoms with E-state index >= 15 is 0 Å². The number of halogens is 1. The Balaban J connectivity index is 2.05. The Labute approximate surface area is 154 Å². The van der Waals surface area contributed by atoms with Gasteiger partial charge in [-0.3, -0.25) is 0 Å². The minimum absolute atomic E-state index is 0.104. The second kappa shape index (κ2) is 7.24. The van der Waals surface area contributed by atoms with Crippen LogP contribution in [0.4, 0.5) is 17.5 Å². The first-order chi connectivity index (χ1) is 11.8. The molecule has 8 nitrogen and oxygen atoms in total. The predicted octanol–water partition coefficient (Wildman–Crippen LogP) is 1.83. The van der Waals surface area contributed by atoms with Crippen LogP contribution < -0.4 is 15.4 Å². The molecule has 1 aromatic heterocycles.